The van der Waals surface area contributed by atoms with E-state index < -0.39 is 0 Å². The minimum absolute atomic E-state index is 0.208. The molecule has 4 nitrogen and oxygen atoms in total. The molecule has 2 aromatic heterocycles. The van der Waals surface area contributed by atoms with Gasteiger partial charge in [0.1, 0.15) is 10.3 Å². The van der Waals surface area contributed by atoms with Gasteiger partial charge in [-0.25, -0.2) is 0 Å². The average molecular weight is 307 g/mol. The Morgan fingerprint density at radius 1 is 1.16 bits per heavy atom. The first kappa shape index (κ1) is 12.5. The molecule has 7 heteroatoms. The maximum Gasteiger partial charge on any atom is 0.271 e. The predicted octanol–water partition coefficient (Wildman–Crippen LogP) is 3.48. The van der Waals surface area contributed by atoms with Crippen molar-refractivity contribution in [2.75, 3.05) is 0 Å². The minimum Gasteiger partial charge on any atom is -0.317 e. The van der Waals surface area contributed by atoms with Crippen LogP contribution in [0, 0.1) is 15.6 Å². The van der Waals surface area contributed by atoms with Crippen molar-refractivity contribution in [3.05, 3.63) is 48.9 Å². The van der Waals surface area contributed by atoms with E-state index in [1.165, 1.54) is 16.9 Å². The Morgan fingerprint density at radius 3 is 2.53 bits per heavy atom. The highest BCUT2D eigenvalue weighted by atomic mass is 32.1. The molecule has 3 rings (SSSR count). The van der Waals surface area contributed by atoms with E-state index in [0.717, 1.165) is 5.69 Å². The summed E-state index contributed by atoms with van der Waals surface area (Å²) in [5, 5.41) is 0. The lowest BCUT2D eigenvalue weighted by Gasteiger charge is -2.04. The van der Waals surface area contributed by atoms with Gasteiger partial charge in [-0.3, -0.25) is 14.3 Å². The molecular weight excluding hydrogens is 298 g/mol. The van der Waals surface area contributed by atoms with Gasteiger partial charge in [-0.05, 0) is 43.5 Å². The van der Waals surface area contributed by atoms with Crippen molar-refractivity contribution in [1.82, 2.24) is 14.5 Å². The zero-order valence-electron chi connectivity index (χ0n) is 9.89. The van der Waals surface area contributed by atoms with Crippen LogP contribution in [0.15, 0.2) is 29.1 Å². The molecule has 1 aromatic carbocycles. The van der Waals surface area contributed by atoms with Gasteiger partial charge in [-0.1, -0.05) is 29.0 Å². The Hall–Kier alpha value is -1.57. The van der Waals surface area contributed by atoms with Crippen LogP contribution in [0.2, 0.25) is 0 Å². The van der Waals surface area contributed by atoms with Crippen LogP contribution in [0.1, 0.15) is 5.56 Å². The van der Waals surface area contributed by atoms with E-state index in [-0.39, 0.29) is 5.56 Å². The maximum atomic E-state index is 11.9. The van der Waals surface area contributed by atoms with Gasteiger partial charge in [0, 0.05) is 5.69 Å². The summed E-state index contributed by atoms with van der Waals surface area (Å²) in [6, 6.07) is 7.94. The molecule has 0 bridgehead atoms. The van der Waals surface area contributed by atoms with Gasteiger partial charge in [-0.2, -0.15) is 0 Å². The predicted molar refractivity (Wildman–Crippen MR) is 82.5 cm³/mol. The van der Waals surface area contributed by atoms with Crippen molar-refractivity contribution >= 4 is 46.1 Å². The first-order valence-electron chi connectivity index (χ1n) is 5.51. The molecule has 0 fully saturated rings. The zero-order chi connectivity index (χ0) is 13.6. The van der Waals surface area contributed by atoms with Crippen molar-refractivity contribution in [1.29, 1.82) is 0 Å². The van der Waals surface area contributed by atoms with Crippen LogP contribution in [0.3, 0.4) is 0 Å². The number of nitrogens with zero attached hydrogens (tertiary/aromatic N) is 1. The third kappa shape index (κ3) is 2.09. The monoisotopic (exact) mass is 307 g/mol. The molecule has 0 radical (unpaired) electrons. The summed E-state index contributed by atoms with van der Waals surface area (Å²) in [5.74, 6) is 0. The number of nitrogens with one attached hydrogen (secondary N) is 2. The minimum atomic E-state index is -0.208. The molecule has 2 N–H and O–H groups in total. The molecule has 0 aliphatic heterocycles. The third-order valence-electron chi connectivity index (χ3n) is 2.77. The number of thiazole rings is 1. The fourth-order valence-corrected chi connectivity index (χ4v) is 3.35. The normalized spacial score (nSPS) is 11.0. The van der Waals surface area contributed by atoms with E-state index in [1.807, 2.05) is 35.8 Å². The van der Waals surface area contributed by atoms with E-state index in [0.29, 0.717) is 19.1 Å². The number of hydrogen-bond acceptors (Lipinski definition) is 4. The number of fused-ring (bicyclic) bond motifs is 1. The summed E-state index contributed by atoms with van der Waals surface area (Å²) in [7, 11) is 0. The fraction of sp³-hybridized carbons (Fsp3) is 0.0833. The van der Waals surface area contributed by atoms with Crippen molar-refractivity contribution < 1.29 is 0 Å². The lowest BCUT2D eigenvalue weighted by atomic mass is 10.2. The topological polar surface area (TPSA) is 53.6 Å². The van der Waals surface area contributed by atoms with Crippen LogP contribution in [-0.2, 0) is 0 Å². The second-order valence-electron chi connectivity index (χ2n) is 4.12. The largest absolute Gasteiger partial charge is 0.317 e. The van der Waals surface area contributed by atoms with Crippen LogP contribution in [0.5, 0.6) is 0 Å². The Labute approximate surface area is 122 Å². The van der Waals surface area contributed by atoms with Gasteiger partial charge in [0.05, 0.1) is 0 Å². The second-order valence-corrected chi connectivity index (χ2v) is 6.18. The number of rotatable bonds is 1. The van der Waals surface area contributed by atoms with E-state index >= 15 is 0 Å². The molecular formula is C12H9N3OS3. The van der Waals surface area contributed by atoms with Gasteiger partial charge >= 0.3 is 0 Å². The average Bonchev–Trinajstić information content (AvgIpc) is 2.67. The van der Waals surface area contributed by atoms with Crippen molar-refractivity contribution in [2.24, 2.45) is 0 Å². The summed E-state index contributed by atoms with van der Waals surface area (Å²) in [6.45, 7) is 2.02. The Kier molecular flexibility index (Phi) is 2.96. The number of aromatic amines is 2. The smallest absolute Gasteiger partial charge is 0.271 e. The van der Waals surface area contributed by atoms with E-state index in [9.17, 15) is 4.79 Å². The summed E-state index contributed by atoms with van der Waals surface area (Å²) >= 11 is 11.6. The van der Waals surface area contributed by atoms with Crippen LogP contribution in [-0.4, -0.2) is 14.5 Å². The molecule has 19 heavy (non-hydrogen) atoms. The Bertz CT molecular complexity index is 928. The van der Waals surface area contributed by atoms with Crippen molar-refractivity contribution in [3.8, 4) is 5.69 Å². The lowest BCUT2D eigenvalue weighted by Crippen LogP contribution is -2.07. The molecule has 0 amide bonds. The van der Waals surface area contributed by atoms with Crippen LogP contribution in [0.4, 0.5) is 0 Å². The van der Waals surface area contributed by atoms with Crippen LogP contribution >= 0.6 is 35.8 Å². The number of aryl methyl sites for hydroxylation is 1. The molecule has 96 valence electrons. The molecule has 0 saturated carbocycles. The van der Waals surface area contributed by atoms with Crippen molar-refractivity contribution in [2.45, 2.75) is 6.92 Å². The molecule has 3 aromatic rings. The number of aromatic nitrogens is 3. The molecule has 2 heterocycles. The van der Waals surface area contributed by atoms with Gasteiger partial charge in [-0.15, -0.1) is 0 Å². The first-order chi connectivity index (χ1) is 9.06. The van der Waals surface area contributed by atoms with Gasteiger partial charge in [0.25, 0.3) is 5.56 Å². The van der Waals surface area contributed by atoms with Crippen LogP contribution < -0.4 is 5.56 Å². The highest BCUT2D eigenvalue weighted by molar-refractivity contribution is 7.73. The number of H-pyrrole nitrogens is 2. The van der Waals surface area contributed by atoms with E-state index in [1.54, 1.807) is 0 Å². The molecule has 0 unspecified atom stereocenters. The Balaban J connectivity index is 2.44. The molecule has 0 aliphatic rings. The SMILES string of the molecule is Cc1ccc(-n2c(=S)sc3c(=O)[nH]c(=S)[nH]c32)cc1. The van der Waals surface area contributed by atoms with Gasteiger partial charge < -0.3 is 4.98 Å². The summed E-state index contributed by atoms with van der Waals surface area (Å²) < 4.78 is 3.30. The summed E-state index contributed by atoms with van der Waals surface area (Å²) in [4.78, 5) is 17.4. The zero-order valence-corrected chi connectivity index (χ0v) is 12.3. The third-order valence-corrected chi connectivity index (χ3v) is 4.34. The standard InChI is InChI=1S/C12H9N3OS3/c1-6-2-4-7(5-3-6)15-9-8(19-12(15)18)10(16)14-11(17)13-9/h2-5H,1H3,(H2,13,14,16,17). The quantitative estimate of drug-likeness (QED) is 0.677. The summed E-state index contributed by atoms with van der Waals surface area (Å²) in [6.07, 6.45) is 0. The highest BCUT2D eigenvalue weighted by Crippen LogP contribution is 2.22. The highest BCUT2D eigenvalue weighted by Gasteiger charge is 2.10. The van der Waals surface area contributed by atoms with E-state index in [4.69, 9.17) is 24.4 Å². The molecule has 0 aliphatic carbocycles. The maximum absolute atomic E-state index is 11.9. The van der Waals surface area contributed by atoms with Crippen LogP contribution in [0.25, 0.3) is 16.0 Å². The Morgan fingerprint density at radius 2 is 1.84 bits per heavy atom. The number of benzene rings is 1. The van der Waals surface area contributed by atoms with Gasteiger partial charge in [0.2, 0.25) is 0 Å². The van der Waals surface area contributed by atoms with Gasteiger partial charge in [0.15, 0.2) is 8.73 Å². The first-order valence-corrected chi connectivity index (χ1v) is 7.15. The lowest BCUT2D eigenvalue weighted by molar-refractivity contribution is 1.05. The second kappa shape index (κ2) is 4.52. The fourth-order valence-electron chi connectivity index (χ4n) is 1.87. The molecule has 0 spiro atoms. The van der Waals surface area contributed by atoms with Crippen molar-refractivity contribution in [3.63, 3.8) is 0 Å². The summed E-state index contributed by atoms with van der Waals surface area (Å²) in [5.41, 5.74) is 2.52. The molecule has 0 atom stereocenters. The molecule has 0 saturated heterocycles. The number of hydrogen-bond donors (Lipinski definition) is 2. The van der Waals surface area contributed by atoms with E-state index in [2.05, 4.69) is 9.97 Å².